The number of nitrogen functional groups attached to an aromatic ring is 1. The van der Waals surface area contributed by atoms with Crippen LogP contribution in [-0.4, -0.2) is 86.4 Å². The number of fused-ring (bicyclic) bond motifs is 2. The first-order chi connectivity index (χ1) is 24.7. The standard InChI is InChI=1S/C33H41ClN7O8PS.CH3/c1-51-17-5-4-15-47-50(45,37-13-12-21-18-36-25-7-3-2-6-24(21)25)48-19-26-28(42)29(43)32(49-26)41-20-40(27-30(41)38-33(35)39-31(27)44)14-16-46-23-10-8-22(34)9-11-23;/h2-3,6-11,18,20,26,28-29,32,36,42-43H,4-5,12-17,19H2,1H3,(H3-,35,37,38,39,44,45);1H3/q;-1/p+1/t26-,28?,29+,32-,50?;/m1./s1. The van der Waals surface area contributed by atoms with Crippen LogP contribution in [0.2, 0.25) is 5.02 Å². The van der Waals surface area contributed by atoms with Crippen molar-refractivity contribution in [3.8, 4) is 5.75 Å². The summed E-state index contributed by atoms with van der Waals surface area (Å²) in [6.07, 6.45) is 2.41. The number of thioether (sulfide) groups is 1. The van der Waals surface area contributed by atoms with Gasteiger partial charge in [-0.3, -0.25) is 23.4 Å². The van der Waals surface area contributed by atoms with Crippen LogP contribution in [0.15, 0.2) is 65.8 Å². The van der Waals surface area contributed by atoms with Crippen molar-refractivity contribution in [3.05, 3.63) is 89.4 Å². The number of anilines is 1. The van der Waals surface area contributed by atoms with E-state index in [1.807, 2.05) is 36.7 Å². The fourth-order valence-electron chi connectivity index (χ4n) is 5.92. The number of rotatable bonds is 18. The molecule has 0 radical (unpaired) electrons. The molecule has 0 aliphatic carbocycles. The van der Waals surface area contributed by atoms with Gasteiger partial charge in [-0.1, -0.05) is 34.8 Å². The number of hydrogen-bond acceptors (Lipinski definition) is 11. The van der Waals surface area contributed by atoms with E-state index in [0.29, 0.717) is 30.2 Å². The molecule has 15 nitrogen and oxygen atoms in total. The number of nitrogens with one attached hydrogen (secondary N) is 3. The molecule has 282 valence electrons. The molecule has 2 unspecified atom stereocenters. The van der Waals surface area contributed by atoms with Gasteiger partial charge in [0.1, 0.15) is 37.2 Å². The van der Waals surface area contributed by atoms with Crippen molar-refractivity contribution >= 4 is 59.1 Å². The van der Waals surface area contributed by atoms with E-state index in [1.54, 1.807) is 40.6 Å². The molecule has 7 N–H and O–H groups in total. The van der Waals surface area contributed by atoms with Crippen LogP contribution < -0.4 is 25.7 Å². The first-order valence-electron chi connectivity index (χ1n) is 16.5. The number of benzene rings is 2. The van der Waals surface area contributed by atoms with Gasteiger partial charge in [0.15, 0.2) is 6.33 Å². The number of nitrogens with two attached hydrogens (primary N) is 1. The molecule has 1 fully saturated rings. The maximum atomic E-state index is 13.9. The Morgan fingerprint density at radius 3 is 2.71 bits per heavy atom. The number of H-pyrrole nitrogens is 2. The summed E-state index contributed by atoms with van der Waals surface area (Å²) in [6, 6.07) is 14.8. The lowest BCUT2D eigenvalue weighted by Crippen LogP contribution is -2.46. The average molecular weight is 778 g/mol. The third kappa shape index (κ3) is 9.37. The first-order valence-corrected chi connectivity index (χ1v) is 19.8. The summed E-state index contributed by atoms with van der Waals surface area (Å²) in [5.41, 5.74) is 7.72. The second kappa shape index (κ2) is 18.1. The summed E-state index contributed by atoms with van der Waals surface area (Å²) in [6.45, 7) is 0.543. The molecule has 0 saturated carbocycles. The molecule has 1 aliphatic rings. The molecule has 1 saturated heterocycles. The van der Waals surface area contributed by atoms with Crippen LogP contribution in [0.4, 0.5) is 5.95 Å². The minimum absolute atomic E-state index is 0. The smallest absolute Gasteiger partial charge is 0.405 e. The summed E-state index contributed by atoms with van der Waals surface area (Å²) in [5.74, 6) is 1.40. The van der Waals surface area contributed by atoms with Gasteiger partial charge in [-0.25, -0.2) is 14.2 Å². The van der Waals surface area contributed by atoms with Gasteiger partial charge in [0, 0.05) is 28.7 Å². The highest BCUT2D eigenvalue weighted by Gasteiger charge is 2.48. The average Bonchev–Trinajstić information content (AvgIpc) is 3.78. The van der Waals surface area contributed by atoms with Crippen molar-refractivity contribution < 1.29 is 37.9 Å². The molecule has 4 heterocycles. The van der Waals surface area contributed by atoms with Gasteiger partial charge in [-0.15, -0.1) is 0 Å². The van der Waals surface area contributed by atoms with Crippen LogP contribution in [0.3, 0.4) is 0 Å². The fraction of sp³-hybridized carbons (Fsp3) is 0.412. The van der Waals surface area contributed by atoms with Crippen LogP contribution in [0.1, 0.15) is 24.6 Å². The highest BCUT2D eigenvalue weighted by molar-refractivity contribution is 7.98. The summed E-state index contributed by atoms with van der Waals surface area (Å²) >= 11 is 7.68. The normalized spacial score (nSPS) is 19.9. The number of unbranched alkanes of at least 4 members (excludes halogenated alkanes) is 1. The number of aliphatic hydroxyl groups excluding tert-OH is 2. The predicted octanol–water partition coefficient (Wildman–Crippen LogP) is 3.99. The number of hydrogen-bond donors (Lipinski definition) is 6. The zero-order valence-corrected chi connectivity index (χ0v) is 31.4. The van der Waals surface area contributed by atoms with Gasteiger partial charge in [0.2, 0.25) is 11.7 Å². The fourth-order valence-corrected chi connectivity index (χ4v) is 7.89. The van der Waals surface area contributed by atoms with Gasteiger partial charge in [-0.2, -0.15) is 11.8 Å². The Balaban J connectivity index is 0.00000523. The minimum Gasteiger partial charge on any atom is -0.490 e. The summed E-state index contributed by atoms with van der Waals surface area (Å²) < 4.78 is 40.5. The van der Waals surface area contributed by atoms with E-state index in [4.69, 9.17) is 35.9 Å². The van der Waals surface area contributed by atoms with Crippen LogP contribution in [-0.2, 0) is 31.3 Å². The van der Waals surface area contributed by atoms with E-state index >= 15 is 0 Å². The molecular weight excluding hydrogens is 733 g/mol. The van der Waals surface area contributed by atoms with E-state index in [9.17, 15) is 19.6 Å². The molecule has 5 atom stereocenters. The number of aromatic nitrogens is 5. The second-order valence-electron chi connectivity index (χ2n) is 12.0. The van der Waals surface area contributed by atoms with Crippen molar-refractivity contribution in [1.82, 2.24) is 24.6 Å². The van der Waals surface area contributed by atoms with Crippen LogP contribution >= 0.6 is 31.1 Å². The quantitative estimate of drug-likeness (QED) is 0.0324. The minimum atomic E-state index is -3.87. The second-order valence-corrected chi connectivity index (χ2v) is 15.3. The van der Waals surface area contributed by atoms with Crippen LogP contribution in [0.25, 0.3) is 22.1 Å². The van der Waals surface area contributed by atoms with E-state index in [1.165, 1.54) is 10.9 Å². The maximum Gasteiger partial charge on any atom is 0.405 e. The topological polar surface area (TPSA) is 203 Å². The molecule has 0 amide bonds. The number of aliphatic hydroxyl groups is 2. The lowest BCUT2D eigenvalue weighted by molar-refractivity contribution is -0.746. The summed E-state index contributed by atoms with van der Waals surface area (Å²) in [5, 5.41) is 26.8. The Morgan fingerprint density at radius 2 is 1.92 bits per heavy atom. The monoisotopic (exact) mass is 777 g/mol. The highest BCUT2D eigenvalue weighted by Crippen LogP contribution is 2.45. The zero-order chi connectivity index (χ0) is 36.0. The van der Waals surface area contributed by atoms with Gasteiger partial charge < -0.3 is 37.8 Å². The lowest BCUT2D eigenvalue weighted by atomic mass is 10.1. The molecule has 5 aromatic rings. The van der Waals surface area contributed by atoms with Crippen molar-refractivity contribution in [2.24, 2.45) is 0 Å². The molecule has 2 aromatic carbocycles. The Kier molecular flexibility index (Phi) is 13.8. The number of nitrogens with zero attached hydrogens (tertiary/aromatic N) is 3. The Bertz CT molecular complexity index is 2030. The molecule has 0 bridgehead atoms. The maximum absolute atomic E-state index is 13.9. The summed E-state index contributed by atoms with van der Waals surface area (Å²) in [4.78, 5) is 23.1. The number of aromatic amines is 2. The Hall–Kier alpha value is -3.44. The van der Waals surface area contributed by atoms with Crippen molar-refractivity contribution in [1.29, 1.82) is 0 Å². The van der Waals surface area contributed by atoms with E-state index < -0.39 is 37.8 Å². The van der Waals surface area contributed by atoms with Gasteiger partial charge in [0.25, 0.3) is 11.5 Å². The molecule has 6 rings (SSSR count). The van der Waals surface area contributed by atoms with Gasteiger partial charge >= 0.3 is 13.4 Å². The van der Waals surface area contributed by atoms with Crippen LogP contribution in [0.5, 0.6) is 5.75 Å². The molecule has 3 aromatic heterocycles. The summed E-state index contributed by atoms with van der Waals surface area (Å²) in [7, 11) is -3.87. The number of halogens is 1. The van der Waals surface area contributed by atoms with Crippen molar-refractivity contribution in [2.75, 3.05) is 44.1 Å². The van der Waals surface area contributed by atoms with E-state index in [0.717, 1.165) is 28.6 Å². The number of ether oxygens (including phenoxy) is 2. The van der Waals surface area contributed by atoms with Crippen molar-refractivity contribution in [3.63, 3.8) is 0 Å². The van der Waals surface area contributed by atoms with Crippen molar-refractivity contribution in [2.45, 2.75) is 50.3 Å². The Morgan fingerprint density at radius 1 is 1.13 bits per heavy atom. The Labute approximate surface area is 310 Å². The molecule has 1 aliphatic heterocycles. The lowest BCUT2D eigenvalue weighted by Gasteiger charge is -2.22. The zero-order valence-electron chi connectivity index (χ0n) is 28.9. The molecule has 18 heteroatoms. The van der Waals surface area contributed by atoms with Gasteiger partial charge in [0.05, 0.1) is 13.2 Å². The van der Waals surface area contributed by atoms with E-state index in [-0.39, 0.29) is 50.9 Å². The third-order valence-electron chi connectivity index (χ3n) is 8.50. The van der Waals surface area contributed by atoms with Crippen LogP contribution in [0, 0.1) is 7.43 Å². The third-order valence-corrected chi connectivity index (χ3v) is 11.1. The molecule has 0 spiro atoms. The van der Waals surface area contributed by atoms with E-state index in [2.05, 4.69) is 20.0 Å². The first kappa shape index (κ1) is 39.8. The SMILES string of the molecule is CSCCCCOP(=O)(NCCc1c[nH]c2ccccc12)OC[C@H]1O[C@@H]([n+]2cn(CCOc3ccc(Cl)cc3)c3c(=O)[nH]c(N)nc32)[C@@H](O)C1O.[CH3-]. The number of para-hydroxylation sites is 1. The number of imidazole rings is 1. The molecule has 52 heavy (non-hydrogen) atoms. The highest BCUT2D eigenvalue weighted by atomic mass is 35.5. The predicted molar refractivity (Wildman–Crippen MR) is 201 cm³/mol. The molecular formula is C34H45ClN7O8PS. The van der Waals surface area contributed by atoms with Gasteiger partial charge in [-0.05, 0) is 67.2 Å². The largest absolute Gasteiger partial charge is 0.490 e.